The summed E-state index contributed by atoms with van der Waals surface area (Å²) in [6, 6.07) is 23.5. The highest BCUT2D eigenvalue weighted by molar-refractivity contribution is 5.93. The largest absolute Gasteiger partial charge is 0.497 e. The molecule has 1 aliphatic rings. The monoisotopic (exact) mass is 403 g/mol. The highest BCUT2D eigenvalue weighted by atomic mass is 16.6. The summed E-state index contributed by atoms with van der Waals surface area (Å²) in [5.74, 6) is 0.379. The van der Waals surface area contributed by atoms with E-state index in [0.29, 0.717) is 12.2 Å². The number of esters is 1. The van der Waals surface area contributed by atoms with Crippen LogP contribution in [0.5, 0.6) is 5.75 Å². The quantitative estimate of drug-likeness (QED) is 0.346. The molecule has 0 bridgehead atoms. The van der Waals surface area contributed by atoms with Gasteiger partial charge in [-0.25, -0.2) is 0 Å². The van der Waals surface area contributed by atoms with Crippen molar-refractivity contribution < 1.29 is 19.2 Å². The summed E-state index contributed by atoms with van der Waals surface area (Å²) in [5, 5.41) is 11.1. The molecule has 30 heavy (non-hydrogen) atoms. The minimum atomic E-state index is -0.923. The third-order valence-electron chi connectivity index (χ3n) is 6.09. The van der Waals surface area contributed by atoms with Gasteiger partial charge in [0.25, 0.3) is 5.69 Å². The molecule has 3 aromatic rings. The van der Waals surface area contributed by atoms with Crippen LogP contribution in [-0.2, 0) is 20.4 Å². The molecular weight excluding hydrogens is 382 g/mol. The summed E-state index contributed by atoms with van der Waals surface area (Å²) in [4.78, 5) is 23.9. The van der Waals surface area contributed by atoms with Crippen molar-refractivity contribution in [2.75, 3.05) is 14.2 Å². The van der Waals surface area contributed by atoms with E-state index in [-0.39, 0.29) is 11.7 Å². The number of ether oxygens (including phenoxy) is 2. The van der Waals surface area contributed by atoms with E-state index in [0.717, 1.165) is 16.7 Å². The first-order chi connectivity index (χ1) is 14.5. The number of hydrogen-bond donors (Lipinski definition) is 0. The van der Waals surface area contributed by atoms with Crippen molar-refractivity contribution in [1.29, 1.82) is 0 Å². The van der Waals surface area contributed by atoms with Gasteiger partial charge in [0.1, 0.15) is 11.2 Å². The lowest BCUT2D eigenvalue weighted by Gasteiger charge is -2.26. The topological polar surface area (TPSA) is 78.7 Å². The van der Waals surface area contributed by atoms with E-state index in [2.05, 4.69) is 0 Å². The molecule has 2 atom stereocenters. The average molecular weight is 403 g/mol. The number of methoxy groups -OCH3 is 2. The molecule has 6 heteroatoms. The third kappa shape index (κ3) is 2.76. The molecule has 0 aliphatic heterocycles. The zero-order chi connectivity index (χ0) is 21.4. The van der Waals surface area contributed by atoms with Crippen LogP contribution in [0.3, 0.4) is 0 Å². The number of carbonyl (C=O) groups is 1. The third-order valence-corrected chi connectivity index (χ3v) is 6.09. The zero-order valence-corrected chi connectivity index (χ0v) is 16.7. The Kier molecular flexibility index (Phi) is 4.78. The Morgan fingerprint density at radius 1 is 0.867 bits per heavy atom. The van der Waals surface area contributed by atoms with Crippen LogP contribution < -0.4 is 4.74 Å². The van der Waals surface area contributed by atoms with E-state index in [9.17, 15) is 14.9 Å². The van der Waals surface area contributed by atoms with Crippen LogP contribution in [0.25, 0.3) is 0 Å². The van der Waals surface area contributed by atoms with E-state index in [4.69, 9.17) is 9.47 Å². The van der Waals surface area contributed by atoms with E-state index in [1.807, 2.05) is 54.6 Å². The molecule has 0 amide bonds. The molecule has 152 valence electrons. The molecule has 0 unspecified atom stereocenters. The van der Waals surface area contributed by atoms with E-state index in [1.54, 1.807) is 19.2 Å². The van der Waals surface area contributed by atoms with Crippen molar-refractivity contribution in [2.24, 2.45) is 0 Å². The van der Waals surface area contributed by atoms with Crippen molar-refractivity contribution in [3.05, 3.63) is 106 Å². The lowest BCUT2D eigenvalue weighted by atomic mass is 9.77. The van der Waals surface area contributed by atoms with Crippen LogP contribution >= 0.6 is 0 Å². The second-order valence-corrected chi connectivity index (χ2v) is 7.38. The van der Waals surface area contributed by atoms with Gasteiger partial charge in [-0.3, -0.25) is 14.9 Å². The summed E-state index contributed by atoms with van der Waals surface area (Å²) in [7, 11) is 2.99. The number of non-ortho nitro benzene ring substituents is 1. The molecule has 0 aromatic heterocycles. The van der Waals surface area contributed by atoms with Gasteiger partial charge in [-0.1, -0.05) is 54.6 Å². The second kappa shape index (κ2) is 7.30. The first-order valence-electron chi connectivity index (χ1n) is 9.53. The molecule has 0 heterocycles. The van der Waals surface area contributed by atoms with Crippen molar-refractivity contribution in [3.63, 3.8) is 0 Å². The maximum absolute atomic E-state index is 13.2. The van der Waals surface area contributed by atoms with Gasteiger partial charge in [0.15, 0.2) is 0 Å². The molecule has 1 aliphatic carbocycles. The van der Waals surface area contributed by atoms with Gasteiger partial charge in [-0.15, -0.1) is 0 Å². The van der Waals surface area contributed by atoms with E-state index in [1.165, 1.54) is 19.2 Å². The second-order valence-electron chi connectivity index (χ2n) is 7.38. The lowest BCUT2D eigenvalue weighted by Crippen LogP contribution is -2.32. The Labute approximate surface area is 174 Å². The summed E-state index contributed by atoms with van der Waals surface area (Å²) in [6.07, 6.45) is 0.501. The normalized spacial score (nSPS) is 22.2. The first kappa shape index (κ1) is 19.6. The molecular formula is C24H21NO5. The summed E-state index contributed by atoms with van der Waals surface area (Å²) < 4.78 is 10.6. The van der Waals surface area contributed by atoms with E-state index >= 15 is 0 Å². The van der Waals surface area contributed by atoms with Crippen molar-refractivity contribution in [3.8, 4) is 5.75 Å². The van der Waals surface area contributed by atoms with Gasteiger partial charge < -0.3 is 9.47 Å². The molecule has 0 radical (unpaired) electrons. The number of carbonyl (C=O) groups excluding carboxylic acids is 1. The molecule has 1 saturated carbocycles. The predicted octanol–water partition coefficient (Wildman–Crippen LogP) is 4.40. The minimum absolute atomic E-state index is 0.00709. The smallest absolute Gasteiger partial charge is 0.317 e. The first-order valence-corrected chi connectivity index (χ1v) is 9.53. The van der Waals surface area contributed by atoms with Gasteiger partial charge in [0.2, 0.25) is 0 Å². The molecule has 0 saturated heterocycles. The Morgan fingerprint density at radius 3 is 1.93 bits per heavy atom. The van der Waals surface area contributed by atoms with Crippen LogP contribution in [0.2, 0.25) is 0 Å². The van der Waals surface area contributed by atoms with Gasteiger partial charge in [-0.05, 0) is 35.2 Å². The van der Waals surface area contributed by atoms with Gasteiger partial charge in [0, 0.05) is 17.5 Å². The number of nitro benzene ring substituents is 1. The number of hydrogen-bond acceptors (Lipinski definition) is 5. The molecule has 0 spiro atoms. The maximum atomic E-state index is 13.2. The lowest BCUT2D eigenvalue weighted by molar-refractivity contribution is -0.384. The number of rotatable bonds is 6. The molecule has 6 nitrogen and oxygen atoms in total. The van der Waals surface area contributed by atoms with Gasteiger partial charge in [0.05, 0.1) is 19.1 Å². The summed E-state index contributed by atoms with van der Waals surface area (Å²) in [5.41, 5.74) is 0.981. The fourth-order valence-corrected chi connectivity index (χ4v) is 4.57. The minimum Gasteiger partial charge on any atom is -0.497 e. The van der Waals surface area contributed by atoms with Gasteiger partial charge >= 0.3 is 5.97 Å². The molecule has 4 rings (SSSR count). The fourth-order valence-electron chi connectivity index (χ4n) is 4.57. The van der Waals surface area contributed by atoms with Gasteiger partial charge in [-0.2, -0.15) is 0 Å². The Balaban J connectivity index is 1.94. The predicted molar refractivity (Wildman–Crippen MR) is 112 cm³/mol. The van der Waals surface area contributed by atoms with Crippen molar-refractivity contribution >= 4 is 11.7 Å². The highest BCUT2D eigenvalue weighted by Crippen LogP contribution is 2.69. The average Bonchev–Trinajstić information content (AvgIpc) is 3.52. The van der Waals surface area contributed by atoms with E-state index < -0.39 is 15.8 Å². The maximum Gasteiger partial charge on any atom is 0.317 e. The van der Waals surface area contributed by atoms with Crippen molar-refractivity contribution in [2.45, 2.75) is 17.3 Å². The number of benzene rings is 3. The summed E-state index contributed by atoms with van der Waals surface area (Å²) >= 11 is 0. The molecule has 1 fully saturated rings. The van der Waals surface area contributed by atoms with Crippen LogP contribution in [0.1, 0.15) is 23.1 Å². The molecule has 3 aromatic carbocycles. The van der Waals surface area contributed by atoms with Crippen LogP contribution in [0.15, 0.2) is 78.9 Å². The fraction of sp³-hybridized carbons (Fsp3) is 0.208. The number of nitro groups is 1. The SMILES string of the molecule is COC(=O)[C@@]1(c2ccccc2)C[C@]1(c1ccc(OC)cc1)c1ccc([N+](=O)[O-])cc1. The summed E-state index contributed by atoms with van der Waals surface area (Å²) in [6.45, 7) is 0. The highest BCUT2D eigenvalue weighted by Gasteiger charge is 2.75. The Morgan fingerprint density at radius 2 is 1.43 bits per heavy atom. The zero-order valence-electron chi connectivity index (χ0n) is 16.7. The standard InChI is InChI=1S/C24H21NO5/c1-29-21-14-10-19(11-15-21)23(18-8-12-20(13-9-18)25(27)28)16-24(23,22(26)30-2)17-6-4-3-5-7-17/h3-15H,16H2,1-2H3/t23-,24+/m1/s1. The number of nitrogens with zero attached hydrogens (tertiary/aromatic N) is 1. The van der Waals surface area contributed by atoms with Crippen LogP contribution in [0, 0.1) is 10.1 Å². The van der Waals surface area contributed by atoms with Crippen LogP contribution in [-0.4, -0.2) is 25.1 Å². The Bertz CT molecular complexity index is 1080. The van der Waals surface area contributed by atoms with Crippen LogP contribution in [0.4, 0.5) is 5.69 Å². The molecule has 0 N–H and O–H groups in total. The van der Waals surface area contributed by atoms with Crippen molar-refractivity contribution in [1.82, 2.24) is 0 Å². The Hall–Kier alpha value is -3.67.